The molecule has 1 aromatic rings. The molecule has 0 spiro atoms. The quantitative estimate of drug-likeness (QED) is 0.634. The summed E-state index contributed by atoms with van der Waals surface area (Å²) in [6.07, 6.45) is 2.45. The fourth-order valence-corrected chi connectivity index (χ4v) is 3.39. The van der Waals surface area contributed by atoms with Gasteiger partial charge >= 0.3 is 0 Å². The molecule has 1 aliphatic carbocycles. The average Bonchev–Trinajstić information content (AvgIpc) is 3.12. The Labute approximate surface area is 122 Å². The molecule has 2 rings (SSSR count). The largest absolute Gasteiger partial charge is 0.410 e. The van der Waals surface area contributed by atoms with Crippen molar-refractivity contribution in [2.75, 3.05) is 5.73 Å². The SMILES string of the molecule is CC(C)(C)[Si](C)(C)O[C@H](c1ccc(F)c(N)c1)C1CC1. The average molecular weight is 295 g/mol. The fraction of sp³-hybridized carbons (Fsp3) is 0.625. The molecular formula is C16H26FNOSi. The molecule has 0 unspecified atom stereocenters. The van der Waals surface area contributed by atoms with Gasteiger partial charge in [0.25, 0.3) is 0 Å². The standard InChI is InChI=1S/C16H26FNOSi/c1-16(2,3)20(4,5)19-15(11-6-7-11)12-8-9-13(17)14(18)10-12/h8-11,15H,6-7,18H2,1-5H3/t15-/m0/s1. The second kappa shape index (κ2) is 5.15. The van der Waals surface area contributed by atoms with Crippen LogP contribution in [0.4, 0.5) is 10.1 Å². The third-order valence-electron chi connectivity index (χ3n) is 4.63. The van der Waals surface area contributed by atoms with Crippen LogP contribution in [-0.2, 0) is 4.43 Å². The monoisotopic (exact) mass is 295 g/mol. The highest BCUT2D eigenvalue weighted by Crippen LogP contribution is 2.48. The zero-order valence-electron chi connectivity index (χ0n) is 13.2. The summed E-state index contributed by atoms with van der Waals surface area (Å²) in [5.74, 6) is 0.213. The zero-order valence-corrected chi connectivity index (χ0v) is 14.2. The van der Waals surface area contributed by atoms with Gasteiger partial charge in [-0.2, -0.15) is 0 Å². The van der Waals surface area contributed by atoms with E-state index in [9.17, 15) is 4.39 Å². The van der Waals surface area contributed by atoms with E-state index >= 15 is 0 Å². The lowest BCUT2D eigenvalue weighted by Gasteiger charge is -2.39. The molecular weight excluding hydrogens is 269 g/mol. The molecule has 1 aliphatic rings. The first-order valence-corrected chi connectivity index (χ1v) is 10.3. The van der Waals surface area contributed by atoms with E-state index in [0.29, 0.717) is 5.92 Å². The van der Waals surface area contributed by atoms with Crippen LogP contribution < -0.4 is 5.73 Å². The van der Waals surface area contributed by atoms with E-state index in [1.807, 2.05) is 6.07 Å². The van der Waals surface area contributed by atoms with E-state index < -0.39 is 8.32 Å². The Morgan fingerprint density at radius 3 is 2.35 bits per heavy atom. The van der Waals surface area contributed by atoms with Crippen LogP contribution in [0, 0.1) is 11.7 Å². The van der Waals surface area contributed by atoms with Crippen molar-refractivity contribution in [1.82, 2.24) is 0 Å². The molecule has 2 nitrogen and oxygen atoms in total. The number of halogens is 1. The van der Waals surface area contributed by atoms with E-state index in [0.717, 1.165) is 5.56 Å². The van der Waals surface area contributed by atoms with Gasteiger partial charge in [-0.1, -0.05) is 26.8 Å². The van der Waals surface area contributed by atoms with Crippen LogP contribution in [0.15, 0.2) is 18.2 Å². The van der Waals surface area contributed by atoms with Crippen LogP contribution in [-0.4, -0.2) is 8.32 Å². The van der Waals surface area contributed by atoms with Crippen LogP contribution in [0.25, 0.3) is 0 Å². The Hall–Kier alpha value is -0.873. The lowest BCUT2D eigenvalue weighted by atomic mass is 10.0. The molecule has 0 amide bonds. The summed E-state index contributed by atoms with van der Waals surface area (Å²) in [5.41, 5.74) is 6.95. The van der Waals surface area contributed by atoms with Crippen LogP contribution in [0.3, 0.4) is 0 Å². The molecule has 1 saturated carbocycles. The smallest absolute Gasteiger partial charge is 0.192 e. The fourth-order valence-electron chi connectivity index (χ4n) is 2.07. The van der Waals surface area contributed by atoms with Crippen molar-refractivity contribution in [3.63, 3.8) is 0 Å². The van der Waals surface area contributed by atoms with Gasteiger partial charge < -0.3 is 10.2 Å². The van der Waals surface area contributed by atoms with Crippen molar-refractivity contribution in [2.45, 2.75) is 57.8 Å². The molecule has 0 saturated heterocycles. The number of benzene rings is 1. The third-order valence-corrected chi connectivity index (χ3v) is 9.08. The molecule has 0 aromatic heterocycles. The van der Waals surface area contributed by atoms with Crippen molar-refractivity contribution >= 4 is 14.0 Å². The number of nitrogens with two attached hydrogens (primary N) is 1. The van der Waals surface area contributed by atoms with Gasteiger partial charge in [0.2, 0.25) is 0 Å². The molecule has 4 heteroatoms. The number of hydrogen-bond donors (Lipinski definition) is 1. The minimum absolute atomic E-state index is 0.0683. The Morgan fingerprint density at radius 2 is 1.90 bits per heavy atom. The maximum atomic E-state index is 13.3. The Bertz CT molecular complexity index is 492. The van der Waals surface area contributed by atoms with E-state index in [1.165, 1.54) is 18.9 Å². The minimum atomic E-state index is -1.84. The van der Waals surface area contributed by atoms with Crippen LogP contribution in [0.5, 0.6) is 0 Å². The van der Waals surface area contributed by atoms with Crippen LogP contribution >= 0.6 is 0 Å². The topological polar surface area (TPSA) is 35.2 Å². The lowest BCUT2D eigenvalue weighted by Crippen LogP contribution is -2.42. The molecule has 1 fully saturated rings. The van der Waals surface area contributed by atoms with E-state index in [-0.39, 0.29) is 22.6 Å². The summed E-state index contributed by atoms with van der Waals surface area (Å²) in [5, 5.41) is 0.172. The van der Waals surface area contributed by atoms with Gasteiger partial charge in [-0.15, -0.1) is 0 Å². The molecule has 0 heterocycles. The molecule has 1 atom stereocenters. The summed E-state index contributed by atoms with van der Waals surface area (Å²) >= 11 is 0. The highest BCUT2D eigenvalue weighted by Gasteiger charge is 2.43. The second-order valence-electron chi connectivity index (χ2n) is 7.42. The Balaban J connectivity index is 2.26. The maximum Gasteiger partial charge on any atom is 0.192 e. The normalized spacial score (nSPS) is 18.1. The summed E-state index contributed by atoms with van der Waals surface area (Å²) in [6, 6.07) is 5.02. The Kier molecular flexibility index (Phi) is 4.00. The minimum Gasteiger partial charge on any atom is -0.410 e. The van der Waals surface area contributed by atoms with Gasteiger partial charge in [0, 0.05) is 0 Å². The van der Waals surface area contributed by atoms with Crippen molar-refractivity contribution in [1.29, 1.82) is 0 Å². The summed E-state index contributed by atoms with van der Waals surface area (Å²) in [6.45, 7) is 11.2. The molecule has 0 bridgehead atoms. The molecule has 1 aromatic carbocycles. The first-order chi connectivity index (χ1) is 9.12. The van der Waals surface area contributed by atoms with Gasteiger partial charge in [0.1, 0.15) is 5.82 Å². The Morgan fingerprint density at radius 1 is 1.30 bits per heavy atom. The number of anilines is 1. The van der Waals surface area contributed by atoms with Crippen molar-refractivity contribution in [3.8, 4) is 0 Å². The highest BCUT2D eigenvalue weighted by atomic mass is 28.4. The first kappa shape index (κ1) is 15.5. The van der Waals surface area contributed by atoms with Gasteiger partial charge in [-0.3, -0.25) is 0 Å². The molecule has 2 N–H and O–H groups in total. The second-order valence-corrected chi connectivity index (χ2v) is 12.2. The maximum absolute atomic E-state index is 13.3. The highest BCUT2D eigenvalue weighted by molar-refractivity contribution is 6.74. The molecule has 112 valence electrons. The number of hydrogen-bond acceptors (Lipinski definition) is 2. The van der Waals surface area contributed by atoms with Gasteiger partial charge in [-0.25, -0.2) is 4.39 Å². The van der Waals surface area contributed by atoms with Crippen LogP contribution in [0.2, 0.25) is 18.1 Å². The van der Waals surface area contributed by atoms with E-state index in [4.69, 9.17) is 10.2 Å². The lowest BCUT2D eigenvalue weighted by molar-refractivity contribution is 0.161. The van der Waals surface area contributed by atoms with E-state index in [2.05, 4.69) is 33.9 Å². The third kappa shape index (κ3) is 3.23. The van der Waals surface area contributed by atoms with E-state index in [1.54, 1.807) is 6.07 Å². The predicted molar refractivity (Wildman–Crippen MR) is 84.6 cm³/mol. The summed E-state index contributed by atoms with van der Waals surface area (Å²) < 4.78 is 19.9. The number of nitrogen functional groups attached to an aromatic ring is 1. The molecule has 20 heavy (non-hydrogen) atoms. The molecule has 0 radical (unpaired) electrons. The zero-order chi connectivity index (χ0) is 15.1. The van der Waals surface area contributed by atoms with Gasteiger partial charge in [-0.05, 0) is 54.6 Å². The van der Waals surface area contributed by atoms with Crippen LogP contribution in [0.1, 0.15) is 45.3 Å². The van der Waals surface area contributed by atoms with Crippen molar-refractivity contribution in [2.24, 2.45) is 5.92 Å². The molecule has 0 aliphatic heterocycles. The predicted octanol–water partition coefficient (Wildman–Crippen LogP) is 4.88. The van der Waals surface area contributed by atoms with Gasteiger partial charge in [0.15, 0.2) is 8.32 Å². The summed E-state index contributed by atoms with van der Waals surface area (Å²) in [4.78, 5) is 0. The van der Waals surface area contributed by atoms with Gasteiger partial charge in [0.05, 0.1) is 11.8 Å². The summed E-state index contributed by atoms with van der Waals surface area (Å²) in [7, 11) is -1.84. The van der Waals surface area contributed by atoms with Crippen molar-refractivity contribution in [3.05, 3.63) is 29.6 Å². The van der Waals surface area contributed by atoms with Crippen molar-refractivity contribution < 1.29 is 8.82 Å². The first-order valence-electron chi connectivity index (χ1n) is 7.34. The number of rotatable bonds is 4.